The van der Waals surface area contributed by atoms with Crippen LogP contribution in [0.5, 0.6) is 11.5 Å². The van der Waals surface area contributed by atoms with Crippen LogP contribution in [0.2, 0.25) is 0 Å². The van der Waals surface area contributed by atoms with Crippen molar-refractivity contribution >= 4 is 65.5 Å². The van der Waals surface area contributed by atoms with Crippen molar-refractivity contribution in [2.24, 2.45) is 0 Å². The van der Waals surface area contributed by atoms with Gasteiger partial charge in [0.15, 0.2) is 0 Å². The first-order valence-electron chi connectivity index (χ1n) is 17.3. The molecule has 5 heteroatoms. The molecule has 0 saturated heterocycles. The van der Waals surface area contributed by atoms with Crippen LogP contribution < -0.4 is 4.74 Å². The summed E-state index contributed by atoms with van der Waals surface area (Å²) in [4.78, 5) is 10.3. The van der Waals surface area contributed by atoms with Crippen molar-refractivity contribution in [1.82, 2.24) is 18.8 Å². The molecule has 0 saturated carbocycles. The molecule has 11 aromatic rings. The second kappa shape index (κ2) is 10.4. The largest absolute Gasteiger partial charge is 0.457 e. The smallest absolute Gasteiger partial charge is 0.146 e. The van der Waals surface area contributed by atoms with Crippen LogP contribution in [0.4, 0.5) is 0 Å². The maximum atomic E-state index is 6.73. The van der Waals surface area contributed by atoms with E-state index in [1.807, 2.05) is 12.3 Å². The topological polar surface area (TPSA) is 43.8 Å². The van der Waals surface area contributed by atoms with Crippen molar-refractivity contribution < 1.29 is 4.74 Å². The standard InChI is InChI=1S/C46H30N4O/c1-27-11-3-5-13-31(27)42-44(32-14-6-4-12-28(32)2)49-40-19-8-7-15-34(40)33-22-20-29(25-39(33)46(49)48-42)51-30-21-23-35-36-16-9-17-37-38-18-10-24-47-45(38)50(43(36)37)41(35)26-30/h3-26H,1-2H3. The summed E-state index contributed by atoms with van der Waals surface area (Å²) >= 11 is 0. The summed E-state index contributed by atoms with van der Waals surface area (Å²) in [6.07, 6.45) is 1.87. The lowest BCUT2D eigenvalue weighted by Gasteiger charge is -2.14. The number of imidazole rings is 1. The third-order valence-corrected chi connectivity index (χ3v) is 10.6. The number of hydrogen-bond acceptors (Lipinski definition) is 3. The quantitative estimate of drug-likeness (QED) is 0.177. The van der Waals surface area contributed by atoms with Crippen LogP contribution in [-0.2, 0) is 0 Å². The van der Waals surface area contributed by atoms with Crippen LogP contribution in [0.1, 0.15) is 11.1 Å². The van der Waals surface area contributed by atoms with E-state index in [9.17, 15) is 0 Å². The Kier molecular flexibility index (Phi) is 5.74. The fourth-order valence-electron chi connectivity index (χ4n) is 8.32. The molecule has 0 unspecified atom stereocenters. The van der Waals surface area contributed by atoms with Gasteiger partial charge in [-0.25, -0.2) is 9.97 Å². The third kappa shape index (κ3) is 3.91. The second-order valence-electron chi connectivity index (χ2n) is 13.5. The van der Waals surface area contributed by atoms with Crippen molar-refractivity contribution in [3.8, 4) is 34.0 Å². The van der Waals surface area contributed by atoms with Crippen molar-refractivity contribution in [3.05, 3.63) is 157 Å². The highest BCUT2D eigenvalue weighted by Gasteiger charge is 2.23. The fraction of sp³-hybridized carbons (Fsp3) is 0.0435. The molecule has 0 fully saturated rings. The fourth-order valence-corrected chi connectivity index (χ4v) is 8.32. The number of aryl methyl sites for hydroxylation is 2. The van der Waals surface area contributed by atoms with Gasteiger partial charge in [-0.15, -0.1) is 0 Å². The van der Waals surface area contributed by atoms with Crippen molar-refractivity contribution in [1.29, 1.82) is 0 Å². The Hall–Kier alpha value is -6.72. The number of pyridine rings is 2. The van der Waals surface area contributed by atoms with E-state index in [1.54, 1.807) is 0 Å². The maximum Gasteiger partial charge on any atom is 0.146 e. The van der Waals surface area contributed by atoms with Gasteiger partial charge in [0.25, 0.3) is 0 Å². The lowest BCUT2D eigenvalue weighted by molar-refractivity contribution is 0.484. The number of para-hydroxylation sites is 2. The molecule has 0 aliphatic rings. The molecule has 0 N–H and O–H groups in total. The summed E-state index contributed by atoms with van der Waals surface area (Å²) in [6.45, 7) is 4.34. The van der Waals surface area contributed by atoms with E-state index in [4.69, 9.17) is 14.7 Å². The van der Waals surface area contributed by atoms with E-state index in [1.165, 1.54) is 43.8 Å². The SMILES string of the molecule is Cc1ccccc1-c1nc2c3cc(Oc4ccc5c6cccc7c8cccnc8n(c5c4)c67)ccc3c3ccccc3n2c1-c1ccccc1C. The Morgan fingerprint density at radius 1 is 0.471 bits per heavy atom. The number of fused-ring (bicyclic) bond motifs is 12. The first-order chi connectivity index (χ1) is 25.1. The minimum atomic E-state index is 0.758. The van der Waals surface area contributed by atoms with Crippen LogP contribution >= 0.6 is 0 Å². The zero-order valence-electron chi connectivity index (χ0n) is 28.1. The lowest BCUT2D eigenvalue weighted by Crippen LogP contribution is -1.96. The molecule has 0 radical (unpaired) electrons. The average Bonchev–Trinajstić information content (AvgIpc) is 3.83. The van der Waals surface area contributed by atoms with Crippen LogP contribution in [-0.4, -0.2) is 18.8 Å². The highest BCUT2D eigenvalue weighted by molar-refractivity contribution is 6.22. The van der Waals surface area contributed by atoms with Gasteiger partial charge in [0.05, 0.1) is 27.9 Å². The Balaban J connectivity index is 1.16. The molecule has 5 heterocycles. The number of benzene rings is 6. The van der Waals surface area contributed by atoms with E-state index in [0.29, 0.717) is 0 Å². The number of hydrogen-bond donors (Lipinski definition) is 0. The Labute approximate surface area is 293 Å². The number of ether oxygens (including phenoxy) is 1. The van der Waals surface area contributed by atoms with Gasteiger partial charge < -0.3 is 4.74 Å². The second-order valence-corrected chi connectivity index (χ2v) is 13.5. The summed E-state index contributed by atoms with van der Waals surface area (Å²) in [7, 11) is 0. The summed E-state index contributed by atoms with van der Waals surface area (Å²) in [5.74, 6) is 1.53. The molecule has 51 heavy (non-hydrogen) atoms. The normalized spacial score (nSPS) is 12.1. The van der Waals surface area contributed by atoms with E-state index in [0.717, 1.165) is 66.9 Å². The lowest BCUT2D eigenvalue weighted by atomic mass is 9.98. The first kappa shape index (κ1) is 28.2. The first-order valence-corrected chi connectivity index (χ1v) is 17.3. The summed E-state index contributed by atoms with van der Waals surface area (Å²) in [6, 6.07) is 49.3. The average molecular weight is 655 g/mol. The number of aromatic nitrogens is 4. The van der Waals surface area contributed by atoms with Crippen molar-refractivity contribution in [2.45, 2.75) is 13.8 Å². The number of rotatable bonds is 4. The monoisotopic (exact) mass is 654 g/mol. The van der Waals surface area contributed by atoms with Crippen LogP contribution in [0, 0.1) is 13.8 Å². The molecule has 5 nitrogen and oxygen atoms in total. The predicted octanol–water partition coefficient (Wildman–Crippen LogP) is 11.9. The Morgan fingerprint density at radius 2 is 1.12 bits per heavy atom. The summed E-state index contributed by atoms with van der Waals surface area (Å²) in [5, 5.41) is 8.13. The van der Waals surface area contributed by atoms with Crippen LogP contribution in [0.25, 0.3) is 88.1 Å². The molecule has 0 aliphatic carbocycles. The van der Waals surface area contributed by atoms with Crippen molar-refractivity contribution in [2.75, 3.05) is 0 Å². The van der Waals surface area contributed by atoms with Gasteiger partial charge in [0.1, 0.15) is 22.8 Å². The zero-order chi connectivity index (χ0) is 33.8. The van der Waals surface area contributed by atoms with E-state index >= 15 is 0 Å². The molecule has 5 aromatic heterocycles. The molecule has 0 atom stereocenters. The van der Waals surface area contributed by atoms with Crippen molar-refractivity contribution in [3.63, 3.8) is 0 Å². The highest BCUT2D eigenvalue weighted by Crippen LogP contribution is 2.43. The molecule has 0 amide bonds. The van der Waals surface area contributed by atoms with Gasteiger partial charge in [-0.05, 0) is 78.9 Å². The third-order valence-electron chi connectivity index (χ3n) is 10.6. The van der Waals surface area contributed by atoms with E-state index in [2.05, 4.69) is 156 Å². The molecular weight excluding hydrogens is 625 g/mol. The minimum absolute atomic E-state index is 0.758. The molecule has 11 rings (SSSR count). The van der Waals surface area contributed by atoms with Gasteiger partial charge in [-0.1, -0.05) is 84.9 Å². The Morgan fingerprint density at radius 3 is 1.94 bits per heavy atom. The number of nitrogens with zero attached hydrogens (tertiary/aromatic N) is 4. The molecule has 6 aromatic carbocycles. The van der Waals surface area contributed by atoms with E-state index in [-0.39, 0.29) is 0 Å². The highest BCUT2D eigenvalue weighted by atomic mass is 16.5. The van der Waals surface area contributed by atoms with E-state index < -0.39 is 0 Å². The van der Waals surface area contributed by atoms with Crippen LogP contribution in [0.3, 0.4) is 0 Å². The van der Waals surface area contributed by atoms with Gasteiger partial charge >= 0.3 is 0 Å². The molecular formula is C46H30N4O. The molecule has 0 spiro atoms. The molecule has 240 valence electrons. The molecule has 0 aliphatic heterocycles. The van der Waals surface area contributed by atoms with Crippen LogP contribution in [0.15, 0.2) is 146 Å². The summed E-state index contributed by atoms with van der Waals surface area (Å²) in [5.41, 5.74) is 12.0. The molecule has 0 bridgehead atoms. The summed E-state index contributed by atoms with van der Waals surface area (Å²) < 4.78 is 11.4. The van der Waals surface area contributed by atoms with Gasteiger partial charge in [-0.3, -0.25) is 8.80 Å². The maximum absolute atomic E-state index is 6.73. The van der Waals surface area contributed by atoms with Gasteiger partial charge in [-0.2, -0.15) is 0 Å². The Bertz CT molecular complexity index is 3200. The van der Waals surface area contributed by atoms with Gasteiger partial charge in [0.2, 0.25) is 0 Å². The predicted molar refractivity (Wildman–Crippen MR) is 210 cm³/mol. The van der Waals surface area contributed by atoms with Gasteiger partial charge in [0, 0.05) is 55.7 Å². The minimum Gasteiger partial charge on any atom is -0.457 e. The zero-order valence-corrected chi connectivity index (χ0v) is 28.1.